The van der Waals surface area contributed by atoms with Crippen molar-refractivity contribution in [2.45, 2.75) is 6.54 Å². The van der Waals surface area contributed by atoms with E-state index in [4.69, 9.17) is 9.47 Å². The van der Waals surface area contributed by atoms with Gasteiger partial charge in [0.2, 0.25) is 5.91 Å². The van der Waals surface area contributed by atoms with Crippen LogP contribution < -0.4 is 20.3 Å². The number of hydrogen-bond acceptors (Lipinski definition) is 8. The van der Waals surface area contributed by atoms with E-state index in [0.29, 0.717) is 33.2 Å². The van der Waals surface area contributed by atoms with Gasteiger partial charge in [0.25, 0.3) is 5.56 Å². The molecule has 30 heavy (non-hydrogen) atoms. The summed E-state index contributed by atoms with van der Waals surface area (Å²) in [5.74, 6) is 0.782. The Hall–Kier alpha value is -3.79. The zero-order valence-corrected chi connectivity index (χ0v) is 17.0. The largest absolute Gasteiger partial charge is 0.493 e. The first-order valence-electron chi connectivity index (χ1n) is 8.89. The second-order valence-corrected chi connectivity index (χ2v) is 7.08. The highest BCUT2D eigenvalue weighted by atomic mass is 32.1. The van der Waals surface area contributed by atoms with Crippen LogP contribution >= 0.6 is 11.3 Å². The molecule has 0 bridgehead atoms. The van der Waals surface area contributed by atoms with Gasteiger partial charge in [-0.05, 0) is 30.3 Å². The predicted octanol–water partition coefficient (Wildman–Crippen LogP) is 2.57. The Morgan fingerprint density at radius 1 is 1.13 bits per heavy atom. The van der Waals surface area contributed by atoms with Crippen LogP contribution in [-0.2, 0) is 11.3 Å². The Morgan fingerprint density at radius 3 is 2.73 bits per heavy atom. The van der Waals surface area contributed by atoms with E-state index < -0.39 is 5.91 Å². The summed E-state index contributed by atoms with van der Waals surface area (Å²) in [7, 11) is 3.13. The van der Waals surface area contributed by atoms with Crippen LogP contribution in [0.4, 0.5) is 5.13 Å². The first kappa shape index (κ1) is 19.5. The number of thiazole rings is 1. The lowest BCUT2D eigenvalue weighted by Crippen LogP contribution is -2.30. The minimum Gasteiger partial charge on any atom is -0.493 e. The maximum Gasteiger partial charge on any atom is 0.278 e. The number of nitrogens with zero attached hydrogens (tertiary/aromatic N) is 4. The third kappa shape index (κ3) is 3.85. The van der Waals surface area contributed by atoms with E-state index in [1.165, 1.54) is 11.3 Å². The van der Waals surface area contributed by atoms with Crippen molar-refractivity contribution in [1.82, 2.24) is 20.0 Å². The lowest BCUT2D eigenvalue weighted by atomic mass is 10.1. The number of carbonyl (C=O) groups excluding carboxylic acids is 1. The molecule has 9 nitrogen and oxygen atoms in total. The average molecular weight is 423 g/mol. The molecule has 1 amide bonds. The van der Waals surface area contributed by atoms with Gasteiger partial charge >= 0.3 is 0 Å². The summed E-state index contributed by atoms with van der Waals surface area (Å²) in [6, 6.07) is 12.3. The van der Waals surface area contributed by atoms with Crippen LogP contribution in [0.2, 0.25) is 0 Å². The minimum atomic E-state index is -0.421. The molecule has 0 saturated heterocycles. The van der Waals surface area contributed by atoms with Crippen LogP contribution in [0.5, 0.6) is 11.5 Å². The fourth-order valence-electron chi connectivity index (χ4n) is 2.88. The number of fused-ring (bicyclic) bond motifs is 1. The normalized spacial score (nSPS) is 10.7. The van der Waals surface area contributed by atoms with Crippen molar-refractivity contribution in [3.05, 3.63) is 58.2 Å². The second-order valence-electron chi connectivity index (χ2n) is 6.23. The number of methoxy groups -OCH3 is 2. The lowest BCUT2D eigenvalue weighted by Gasteiger charge is -2.08. The number of hydrogen-bond donors (Lipinski definition) is 1. The van der Waals surface area contributed by atoms with E-state index in [0.717, 1.165) is 10.2 Å². The van der Waals surface area contributed by atoms with E-state index in [2.05, 4.69) is 20.6 Å². The number of amides is 1. The maximum atomic E-state index is 12.5. The van der Waals surface area contributed by atoms with Crippen molar-refractivity contribution in [3.63, 3.8) is 0 Å². The molecule has 4 rings (SSSR count). The van der Waals surface area contributed by atoms with Crippen molar-refractivity contribution in [3.8, 4) is 22.8 Å². The number of aromatic nitrogens is 4. The SMILES string of the molecule is COc1ccc(-c2csc(NC(=O)Cn3nnc4ccccc4c3=O)n2)cc1OC. The highest BCUT2D eigenvalue weighted by molar-refractivity contribution is 7.14. The van der Waals surface area contributed by atoms with Gasteiger partial charge in [0.15, 0.2) is 16.6 Å². The molecule has 2 aromatic heterocycles. The zero-order valence-electron chi connectivity index (χ0n) is 16.2. The van der Waals surface area contributed by atoms with Gasteiger partial charge in [0.1, 0.15) is 12.1 Å². The van der Waals surface area contributed by atoms with Crippen molar-refractivity contribution in [2.24, 2.45) is 0 Å². The summed E-state index contributed by atoms with van der Waals surface area (Å²) >= 11 is 1.27. The topological polar surface area (TPSA) is 108 Å². The summed E-state index contributed by atoms with van der Waals surface area (Å²) in [4.78, 5) is 29.3. The van der Waals surface area contributed by atoms with Crippen LogP contribution in [0, 0.1) is 0 Å². The summed E-state index contributed by atoms with van der Waals surface area (Å²) in [6.07, 6.45) is 0. The molecule has 0 radical (unpaired) electrons. The fourth-order valence-corrected chi connectivity index (χ4v) is 3.62. The Kier molecular flexibility index (Phi) is 5.40. The first-order chi connectivity index (χ1) is 14.6. The van der Waals surface area contributed by atoms with Gasteiger partial charge in [-0.3, -0.25) is 9.59 Å². The van der Waals surface area contributed by atoms with Gasteiger partial charge in [-0.15, -0.1) is 16.4 Å². The second kappa shape index (κ2) is 8.29. The highest BCUT2D eigenvalue weighted by Crippen LogP contribution is 2.33. The Bertz CT molecular complexity index is 1280. The van der Waals surface area contributed by atoms with E-state index >= 15 is 0 Å². The zero-order chi connectivity index (χ0) is 21.1. The molecule has 2 aromatic carbocycles. The molecule has 0 saturated carbocycles. The monoisotopic (exact) mass is 423 g/mol. The molecule has 0 spiro atoms. The van der Waals surface area contributed by atoms with Crippen molar-refractivity contribution in [1.29, 1.82) is 0 Å². The number of benzene rings is 2. The number of nitrogens with one attached hydrogen (secondary N) is 1. The molecular weight excluding hydrogens is 406 g/mol. The molecular formula is C20H17N5O4S. The number of carbonyl (C=O) groups is 1. The Balaban J connectivity index is 1.50. The standard InChI is InChI=1S/C20H17N5O4S/c1-28-16-8-7-12(9-17(16)29-2)15-11-30-20(21-15)22-18(26)10-25-19(27)13-5-3-4-6-14(13)23-24-25/h3-9,11H,10H2,1-2H3,(H,21,22,26). The molecule has 0 aliphatic heterocycles. The molecule has 152 valence electrons. The van der Waals surface area contributed by atoms with E-state index in [-0.39, 0.29) is 12.1 Å². The molecule has 10 heteroatoms. The Labute approximate surface area is 174 Å². The third-order valence-corrected chi connectivity index (χ3v) is 5.11. The average Bonchev–Trinajstić information content (AvgIpc) is 3.23. The third-order valence-electron chi connectivity index (χ3n) is 4.35. The Morgan fingerprint density at radius 2 is 1.93 bits per heavy atom. The predicted molar refractivity (Wildman–Crippen MR) is 113 cm³/mol. The first-order valence-corrected chi connectivity index (χ1v) is 9.77. The van der Waals surface area contributed by atoms with Crippen LogP contribution in [0.15, 0.2) is 52.6 Å². The summed E-state index contributed by atoms with van der Waals surface area (Å²) in [5.41, 5.74) is 1.61. The van der Waals surface area contributed by atoms with Gasteiger partial charge in [0, 0.05) is 10.9 Å². The van der Waals surface area contributed by atoms with Crippen LogP contribution in [0.3, 0.4) is 0 Å². The van der Waals surface area contributed by atoms with Crippen LogP contribution in [-0.4, -0.2) is 40.1 Å². The number of rotatable bonds is 6. The highest BCUT2D eigenvalue weighted by Gasteiger charge is 2.13. The van der Waals surface area contributed by atoms with Gasteiger partial charge in [0.05, 0.1) is 25.3 Å². The smallest absolute Gasteiger partial charge is 0.278 e. The van der Waals surface area contributed by atoms with Crippen molar-refractivity contribution >= 4 is 33.3 Å². The quantitative estimate of drug-likeness (QED) is 0.508. The maximum absolute atomic E-state index is 12.5. The van der Waals surface area contributed by atoms with E-state index in [1.807, 2.05) is 17.5 Å². The number of ether oxygens (including phenoxy) is 2. The van der Waals surface area contributed by atoms with Gasteiger partial charge in [-0.25, -0.2) is 9.67 Å². The fraction of sp³-hybridized carbons (Fsp3) is 0.150. The molecule has 0 unspecified atom stereocenters. The van der Waals surface area contributed by atoms with E-state index in [1.54, 1.807) is 44.6 Å². The molecule has 1 N–H and O–H groups in total. The molecule has 0 atom stereocenters. The molecule has 0 aliphatic rings. The molecule has 2 heterocycles. The van der Waals surface area contributed by atoms with Crippen LogP contribution in [0.1, 0.15) is 0 Å². The minimum absolute atomic E-state index is 0.262. The van der Waals surface area contributed by atoms with Gasteiger partial charge in [-0.2, -0.15) is 0 Å². The van der Waals surface area contributed by atoms with Gasteiger partial charge in [-0.1, -0.05) is 17.3 Å². The van der Waals surface area contributed by atoms with E-state index in [9.17, 15) is 9.59 Å². The summed E-state index contributed by atoms with van der Waals surface area (Å²) in [6.45, 7) is -0.262. The molecule has 0 aliphatic carbocycles. The van der Waals surface area contributed by atoms with Crippen molar-refractivity contribution in [2.75, 3.05) is 19.5 Å². The van der Waals surface area contributed by atoms with Gasteiger partial charge < -0.3 is 14.8 Å². The molecule has 0 fully saturated rings. The number of anilines is 1. The lowest BCUT2D eigenvalue weighted by molar-refractivity contribution is -0.117. The van der Waals surface area contributed by atoms with Crippen molar-refractivity contribution < 1.29 is 14.3 Å². The summed E-state index contributed by atoms with van der Waals surface area (Å²) < 4.78 is 11.6. The summed E-state index contributed by atoms with van der Waals surface area (Å²) in [5, 5.41) is 13.1. The molecule has 4 aromatic rings. The van der Waals surface area contributed by atoms with Crippen LogP contribution in [0.25, 0.3) is 22.2 Å².